The highest BCUT2D eigenvalue weighted by atomic mass is 79.9. The summed E-state index contributed by atoms with van der Waals surface area (Å²) in [6.45, 7) is 2.49. The molecule has 140 valence electrons. The second kappa shape index (κ2) is 8.46. The van der Waals surface area contributed by atoms with E-state index in [1.807, 2.05) is 30.3 Å². The molecule has 1 aliphatic rings. The van der Waals surface area contributed by atoms with Crippen LogP contribution in [0.2, 0.25) is 0 Å². The molecule has 27 heavy (non-hydrogen) atoms. The van der Waals surface area contributed by atoms with Crippen LogP contribution in [0.3, 0.4) is 0 Å². The predicted molar refractivity (Wildman–Crippen MR) is 117 cm³/mol. The van der Waals surface area contributed by atoms with Crippen LogP contribution < -0.4 is 9.47 Å². The maximum Gasteiger partial charge on any atom is 0.265 e. The van der Waals surface area contributed by atoms with Gasteiger partial charge in [-0.05, 0) is 57.8 Å². The zero-order valence-corrected chi connectivity index (χ0v) is 18.3. The van der Waals surface area contributed by atoms with Gasteiger partial charge in [-0.1, -0.05) is 48.2 Å². The van der Waals surface area contributed by atoms with Gasteiger partial charge in [-0.15, -0.1) is 0 Å². The van der Waals surface area contributed by atoms with Crippen LogP contribution >= 0.6 is 39.9 Å². The SMILES string of the molecule is COc1cc(/C=C2/SC(=S)N(C)C2=O)cc(Br)c1OCc1ccccc1C. The van der Waals surface area contributed by atoms with Crippen molar-refractivity contribution in [2.75, 3.05) is 14.2 Å². The zero-order chi connectivity index (χ0) is 19.6. The van der Waals surface area contributed by atoms with Gasteiger partial charge in [0.15, 0.2) is 11.5 Å². The molecule has 0 aromatic heterocycles. The van der Waals surface area contributed by atoms with E-state index >= 15 is 0 Å². The number of halogens is 1. The molecular formula is C20H18BrNO3S2. The molecule has 0 aliphatic carbocycles. The van der Waals surface area contributed by atoms with Crippen LogP contribution in [0, 0.1) is 6.92 Å². The first-order chi connectivity index (χ1) is 12.9. The lowest BCUT2D eigenvalue weighted by molar-refractivity contribution is -0.121. The molecule has 0 radical (unpaired) electrons. The van der Waals surface area contributed by atoms with Crippen LogP contribution in [0.15, 0.2) is 45.8 Å². The van der Waals surface area contributed by atoms with Crippen LogP contribution in [0.4, 0.5) is 0 Å². The third-order valence-electron chi connectivity index (χ3n) is 4.17. The van der Waals surface area contributed by atoms with Crippen molar-refractivity contribution >= 4 is 56.2 Å². The van der Waals surface area contributed by atoms with Gasteiger partial charge in [0, 0.05) is 7.05 Å². The number of amides is 1. The van der Waals surface area contributed by atoms with Crippen molar-refractivity contribution in [3.63, 3.8) is 0 Å². The molecule has 1 amide bonds. The van der Waals surface area contributed by atoms with Crippen molar-refractivity contribution < 1.29 is 14.3 Å². The number of likely N-dealkylation sites (N-methyl/N-ethyl adjacent to an activating group) is 1. The van der Waals surface area contributed by atoms with Gasteiger partial charge >= 0.3 is 0 Å². The molecule has 0 bridgehead atoms. The minimum absolute atomic E-state index is 0.0973. The number of thiocarbonyl (C=S) groups is 1. The molecule has 0 unspecified atom stereocenters. The van der Waals surface area contributed by atoms with Gasteiger partial charge in [0.1, 0.15) is 10.9 Å². The summed E-state index contributed by atoms with van der Waals surface area (Å²) in [7, 11) is 3.27. The van der Waals surface area contributed by atoms with Gasteiger partial charge in [0.25, 0.3) is 5.91 Å². The van der Waals surface area contributed by atoms with Gasteiger partial charge in [-0.2, -0.15) is 0 Å². The summed E-state index contributed by atoms with van der Waals surface area (Å²) < 4.78 is 12.8. The quantitative estimate of drug-likeness (QED) is 0.451. The standard InChI is InChI=1S/C20H18BrNO3S2/c1-12-6-4-5-7-14(12)11-25-18-15(21)8-13(9-16(18)24-3)10-17-19(23)22(2)20(26)27-17/h4-10H,11H2,1-3H3/b17-10+. The Bertz CT molecular complexity index is 943. The fourth-order valence-electron chi connectivity index (χ4n) is 2.58. The third kappa shape index (κ3) is 4.36. The number of nitrogens with zero attached hydrogens (tertiary/aromatic N) is 1. The summed E-state index contributed by atoms with van der Waals surface area (Å²) in [5.41, 5.74) is 3.11. The van der Waals surface area contributed by atoms with E-state index in [-0.39, 0.29) is 5.91 Å². The molecule has 0 N–H and O–H groups in total. The molecule has 0 atom stereocenters. The number of ether oxygens (including phenoxy) is 2. The molecule has 4 nitrogen and oxygen atoms in total. The fraction of sp³-hybridized carbons (Fsp3) is 0.200. The average molecular weight is 464 g/mol. The van der Waals surface area contributed by atoms with E-state index in [1.165, 1.54) is 22.2 Å². The van der Waals surface area contributed by atoms with E-state index in [4.69, 9.17) is 21.7 Å². The molecule has 1 fully saturated rings. The lowest BCUT2D eigenvalue weighted by Gasteiger charge is -2.14. The number of carbonyl (C=O) groups excluding carboxylic acids is 1. The van der Waals surface area contributed by atoms with Gasteiger partial charge in [-0.25, -0.2) is 0 Å². The normalized spacial score (nSPS) is 15.6. The Balaban J connectivity index is 1.87. The van der Waals surface area contributed by atoms with Crippen LogP contribution in [0.1, 0.15) is 16.7 Å². The lowest BCUT2D eigenvalue weighted by Crippen LogP contribution is -2.22. The topological polar surface area (TPSA) is 38.8 Å². The smallest absolute Gasteiger partial charge is 0.265 e. The first-order valence-corrected chi connectivity index (χ1v) is 10.2. The Hall–Kier alpha value is -1.83. The second-order valence-electron chi connectivity index (χ2n) is 5.99. The zero-order valence-electron chi connectivity index (χ0n) is 15.1. The van der Waals surface area contributed by atoms with E-state index < -0.39 is 0 Å². The monoisotopic (exact) mass is 463 g/mol. The van der Waals surface area contributed by atoms with Crippen LogP contribution in [-0.4, -0.2) is 29.3 Å². The molecule has 2 aromatic rings. The Labute approximate surface area is 176 Å². The minimum atomic E-state index is -0.0973. The van der Waals surface area contributed by atoms with Crippen molar-refractivity contribution in [2.45, 2.75) is 13.5 Å². The Kier molecular flexibility index (Phi) is 6.24. The number of hydrogen-bond acceptors (Lipinski definition) is 5. The van der Waals surface area contributed by atoms with E-state index in [0.29, 0.717) is 27.3 Å². The highest BCUT2D eigenvalue weighted by molar-refractivity contribution is 9.10. The van der Waals surface area contributed by atoms with E-state index in [2.05, 4.69) is 28.9 Å². The van der Waals surface area contributed by atoms with Crippen molar-refractivity contribution in [1.29, 1.82) is 0 Å². The van der Waals surface area contributed by atoms with Gasteiger partial charge in [0.2, 0.25) is 0 Å². The molecule has 1 saturated heterocycles. The molecule has 1 heterocycles. The summed E-state index contributed by atoms with van der Waals surface area (Å²) in [6, 6.07) is 11.8. The Morgan fingerprint density at radius 2 is 2.04 bits per heavy atom. The summed E-state index contributed by atoms with van der Waals surface area (Å²) >= 11 is 10.0. The molecule has 1 aliphatic heterocycles. The van der Waals surface area contributed by atoms with Gasteiger partial charge in [0.05, 0.1) is 16.5 Å². The first kappa shape index (κ1) is 19.9. The van der Waals surface area contributed by atoms with E-state index in [1.54, 1.807) is 20.2 Å². The molecular weight excluding hydrogens is 446 g/mol. The predicted octanol–water partition coefficient (Wildman–Crippen LogP) is 5.18. The molecule has 3 rings (SSSR count). The highest BCUT2D eigenvalue weighted by Crippen LogP contribution is 2.39. The number of benzene rings is 2. The maximum atomic E-state index is 12.2. The highest BCUT2D eigenvalue weighted by Gasteiger charge is 2.28. The first-order valence-electron chi connectivity index (χ1n) is 8.17. The van der Waals surface area contributed by atoms with Crippen LogP contribution in [0.5, 0.6) is 11.5 Å². The second-order valence-corrected chi connectivity index (χ2v) is 8.52. The van der Waals surface area contributed by atoms with Crippen LogP contribution in [-0.2, 0) is 11.4 Å². The van der Waals surface area contributed by atoms with Crippen molar-refractivity contribution in [1.82, 2.24) is 4.90 Å². The molecule has 0 spiro atoms. The molecule has 7 heteroatoms. The van der Waals surface area contributed by atoms with Crippen molar-refractivity contribution in [3.8, 4) is 11.5 Å². The number of methoxy groups -OCH3 is 1. The molecule has 2 aromatic carbocycles. The number of aryl methyl sites for hydroxylation is 1. The minimum Gasteiger partial charge on any atom is -0.493 e. The third-order valence-corrected chi connectivity index (χ3v) is 6.24. The summed E-state index contributed by atoms with van der Waals surface area (Å²) in [6.07, 6.45) is 1.81. The Morgan fingerprint density at radius 1 is 1.30 bits per heavy atom. The number of thioether (sulfide) groups is 1. The average Bonchev–Trinajstić information content (AvgIpc) is 2.88. The van der Waals surface area contributed by atoms with E-state index in [9.17, 15) is 4.79 Å². The van der Waals surface area contributed by atoms with Crippen LogP contribution in [0.25, 0.3) is 6.08 Å². The van der Waals surface area contributed by atoms with Gasteiger partial charge < -0.3 is 9.47 Å². The maximum absolute atomic E-state index is 12.2. The molecule has 0 saturated carbocycles. The fourth-order valence-corrected chi connectivity index (χ4v) is 4.34. The number of rotatable bonds is 5. The number of hydrogen-bond donors (Lipinski definition) is 0. The largest absolute Gasteiger partial charge is 0.493 e. The summed E-state index contributed by atoms with van der Waals surface area (Å²) in [5, 5.41) is 0. The van der Waals surface area contributed by atoms with E-state index in [0.717, 1.165) is 15.6 Å². The Morgan fingerprint density at radius 3 is 2.67 bits per heavy atom. The van der Waals surface area contributed by atoms with Crippen molar-refractivity contribution in [2.24, 2.45) is 0 Å². The summed E-state index contributed by atoms with van der Waals surface area (Å²) in [5.74, 6) is 1.12. The van der Waals surface area contributed by atoms with Crippen molar-refractivity contribution in [3.05, 3.63) is 62.5 Å². The lowest BCUT2D eigenvalue weighted by atomic mass is 10.1. The van der Waals surface area contributed by atoms with Gasteiger partial charge in [-0.3, -0.25) is 9.69 Å². The number of carbonyl (C=O) groups is 1. The summed E-state index contributed by atoms with van der Waals surface area (Å²) in [4.78, 5) is 14.3.